The van der Waals surface area contributed by atoms with E-state index >= 15 is 0 Å². The first-order valence-corrected chi connectivity index (χ1v) is 10.1. The van der Waals surface area contributed by atoms with Crippen LogP contribution < -0.4 is 15.1 Å². The van der Waals surface area contributed by atoms with Crippen molar-refractivity contribution in [2.75, 3.05) is 55.4 Å². The van der Waals surface area contributed by atoms with E-state index in [1.807, 2.05) is 43.1 Å². The first-order valence-electron chi connectivity index (χ1n) is 10.1. The molecule has 0 aliphatic carbocycles. The molecule has 9 nitrogen and oxygen atoms in total. The van der Waals surface area contributed by atoms with Crippen molar-refractivity contribution in [1.29, 1.82) is 0 Å². The number of amides is 2. The second kappa shape index (κ2) is 9.43. The molecule has 2 aromatic rings. The number of aromatic nitrogens is 2. The van der Waals surface area contributed by atoms with Gasteiger partial charge >= 0.3 is 6.09 Å². The highest BCUT2D eigenvalue weighted by atomic mass is 16.4. The fourth-order valence-corrected chi connectivity index (χ4v) is 3.40. The highest BCUT2D eigenvalue weighted by molar-refractivity contribution is 6.09. The number of benzene rings is 1. The summed E-state index contributed by atoms with van der Waals surface area (Å²) in [6.07, 6.45) is 2.11. The number of likely N-dealkylation sites (N-methyl/N-ethyl adjacent to an activating group) is 1. The fourth-order valence-electron chi connectivity index (χ4n) is 3.40. The van der Waals surface area contributed by atoms with Gasteiger partial charge in [-0.2, -0.15) is 4.98 Å². The van der Waals surface area contributed by atoms with E-state index in [9.17, 15) is 9.59 Å². The van der Waals surface area contributed by atoms with Gasteiger partial charge in [-0.1, -0.05) is 12.1 Å². The zero-order chi connectivity index (χ0) is 21.7. The quantitative estimate of drug-likeness (QED) is 0.720. The lowest BCUT2D eigenvalue weighted by Gasteiger charge is -2.22. The zero-order valence-electron chi connectivity index (χ0n) is 17.6. The molecule has 1 aliphatic heterocycles. The van der Waals surface area contributed by atoms with Crippen LogP contribution in [0.5, 0.6) is 0 Å². The summed E-state index contributed by atoms with van der Waals surface area (Å²) in [4.78, 5) is 38.0. The van der Waals surface area contributed by atoms with Crippen molar-refractivity contribution in [2.45, 2.75) is 19.8 Å². The van der Waals surface area contributed by atoms with Crippen molar-refractivity contribution in [3.05, 3.63) is 41.6 Å². The summed E-state index contributed by atoms with van der Waals surface area (Å²) in [5.74, 6) is 1.01. The Balaban J connectivity index is 1.79. The predicted molar refractivity (Wildman–Crippen MR) is 117 cm³/mol. The monoisotopic (exact) mass is 412 g/mol. The van der Waals surface area contributed by atoms with E-state index in [0.29, 0.717) is 49.9 Å². The van der Waals surface area contributed by atoms with Gasteiger partial charge in [-0.25, -0.2) is 9.78 Å². The predicted octanol–water partition coefficient (Wildman–Crippen LogP) is 2.55. The number of nitrogens with one attached hydrogen (secondary N) is 1. The number of aryl methyl sites for hydroxylation is 1. The van der Waals surface area contributed by atoms with Gasteiger partial charge in [0.25, 0.3) is 5.91 Å². The Morgan fingerprint density at radius 3 is 2.87 bits per heavy atom. The van der Waals surface area contributed by atoms with E-state index in [1.54, 1.807) is 18.1 Å². The smallest absolute Gasteiger partial charge is 0.407 e. The Morgan fingerprint density at radius 2 is 2.13 bits per heavy atom. The molecule has 0 atom stereocenters. The molecule has 0 saturated carbocycles. The van der Waals surface area contributed by atoms with Crippen LogP contribution in [0, 0.1) is 0 Å². The van der Waals surface area contributed by atoms with E-state index in [-0.39, 0.29) is 5.91 Å². The first-order chi connectivity index (χ1) is 14.4. The summed E-state index contributed by atoms with van der Waals surface area (Å²) < 4.78 is 0. The number of hydrogen-bond acceptors (Lipinski definition) is 6. The number of anilines is 3. The van der Waals surface area contributed by atoms with Crippen LogP contribution in [0.1, 0.15) is 29.3 Å². The largest absolute Gasteiger partial charge is 0.465 e. The van der Waals surface area contributed by atoms with Crippen LogP contribution in [0.25, 0.3) is 0 Å². The molecule has 0 saturated heterocycles. The van der Waals surface area contributed by atoms with Gasteiger partial charge < -0.3 is 25.1 Å². The third kappa shape index (κ3) is 4.79. The molecule has 1 aromatic carbocycles. The Hall–Kier alpha value is -3.36. The van der Waals surface area contributed by atoms with Gasteiger partial charge in [0.05, 0.1) is 0 Å². The molecule has 0 unspecified atom stereocenters. The molecular formula is C21H28N6O3. The van der Waals surface area contributed by atoms with Gasteiger partial charge in [-0.3, -0.25) is 4.79 Å². The van der Waals surface area contributed by atoms with Gasteiger partial charge in [-0.15, -0.1) is 0 Å². The number of fused-ring (bicyclic) bond motifs is 1. The molecule has 2 amide bonds. The van der Waals surface area contributed by atoms with Crippen molar-refractivity contribution in [1.82, 2.24) is 14.9 Å². The molecule has 0 spiro atoms. The third-order valence-corrected chi connectivity index (χ3v) is 5.11. The molecule has 0 radical (unpaired) electrons. The molecule has 9 heteroatoms. The minimum Gasteiger partial charge on any atom is -0.465 e. The number of carbonyl (C=O) groups is 2. The van der Waals surface area contributed by atoms with Crippen LogP contribution in [0.15, 0.2) is 30.5 Å². The van der Waals surface area contributed by atoms with Crippen LogP contribution in [0.4, 0.5) is 22.2 Å². The molecule has 160 valence electrons. The first kappa shape index (κ1) is 21.4. The number of carbonyl (C=O) groups excluding carboxylic acids is 1. The van der Waals surface area contributed by atoms with Gasteiger partial charge in [-0.05, 0) is 37.5 Å². The lowest BCUT2D eigenvalue weighted by atomic mass is 10.1. The molecule has 3 rings (SSSR count). The van der Waals surface area contributed by atoms with E-state index in [2.05, 4.69) is 15.3 Å². The van der Waals surface area contributed by atoms with E-state index in [4.69, 9.17) is 5.11 Å². The molecule has 0 fully saturated rings. The van der Waals surface area contributed by atoms with Crippen LogP contribution in [0.3, 0.4) is 0 Å². The summed E-state index contributed by atoms with van der Waals surface area (Å²) in [5, 5.41) is 12.0. The van der Waals surface area contributed by atoms with Crippen molar-refractivity contribution < 1.29 is 14.7 Å². The molecule has 1 aliphatic rings. The minimum atomic E-state index is -0.929. The van der Waals surface area contributed by atoms with E-state index in [0.717, 1.165) is 17.7 Å². The molecule has 1 aromatic heterocycles. The molecule has 2 N–H and O–H groups in total. The maximum absolute atomic E-state index is 13.3. The summed E-state index contributed by atoms with van der Waals surface area (Å²) in [7, 11) is 3.49. The van der Waals surface area contributed by atoms with Gasteiger partial charge in [0.2, 0.25) is 5.95 Å². The molecular weight excluding hydrogens is 384 g/mol. The summed E-state index contributed by atoms with van der Waals surface area (Å²) in [6.45, 7) is 4.32. The van der Waals surface area contributed by atoms with Crippen molar-refractivity contribution in [2.24, 2.45) is 0 Å². The van der Waals surface area contributed by atoms with Crippen LogP contribution in [0.2, 0.25) is 0 Å². The van der Waals surface area contributed by atoms with Crippen molar-refractivity contribution in [3.63, 3.8) is 0 Å². The van der Waals surface area contributed by atoms with Crippen LogP contribution in [-0.2, 0) is 6.42 Å². The highest BCUT2D eigenvalue weighted by Gasteiger charge is 2.28. The van der Waals surface area contributed by atoms with E-state index < -0.39 is 6.09 Å². The Morgan fingerprint density at radius 1 is 1.33 bits per heavy atom. The second-order valence-electron chi connectivity index (χ2n) is 7.32. The standard InChI is InChI=1S/C21H28N6O3/c1-4-22-20-23-14-17-18(24-20)25(2)11-12-27(19(17)28)16-9-5-7-15(13-16)8-6-10-26(3)21(29)30/h5,7,9,13-14H,4,6,8,10-12H2,1-3H3,(H,29,30)(H,22,23,24). The van der Waals surface area contributed by atoms with E-state index in [1.165, 1.54) is 4.90 Å². The Labute approximate surface area is 176 Å². The zero-order valence-corrected chi connectivity index (χ0v) is 17.6. The topological polar surface area (TPSA) is 102 Å². The summed E-state index contributed by atoms with van der Waals surface area (Å²) >= 11 is 0. The SMILES string of the molecule is CCNc1ncc2c(n1)N(C)CCN(c1cccc(CCCN(C)C(=O)O)c1)C2=O. The van der Waals surface area contributed by atoms with Gasteiger partial charge in [0.1, 0.15) is 11.4 Å². The van der Waals surface area contributed by atoms with Crippen molar-refractivity contribution >= 4 is 29.5 Å². The highest BCUT2D eigenvalue weighted by Crippen LogP contribution is 2.27. The average molecular weight is 412 g/mol. The van der Waals surface area contributed by atoms with Crippen LogP contribution >= 0.6 is 0 Å². The summed E-state index contributed by atoms with van der Waals surface area (Å²) in [5.41, 5.74) is 2.36. The van der Waals surface area contributed by atoms with Crippen molar-refractivity contribution in [3.8, 4) is 0 Å². The van der Waals surface area contributed by atoms with Gasteiger partial charge in [0.15, 0.2) is 0 Å². The number of carboxylic acid groups (broad SMARTS) is 1. The number of hydrogen-bond donors (Lipinski definition) is 2. The lowest BCUT2D eigenvalue weighted by molar-refractivity contribution is 0.0989. The number of nitrogens with zero attached hydrogens (tertiary/aromatic N) is 5. The average Bonchev–Trinajstić information content (AvgIpc) is 2.85. The second-order valence-corrected chi connectivity index (χ2v) is 7.32. The fraction of sp³-hybridized carbons (Fsp3) is 0.429. The Kier molecular flexibility index (Phi) is 6.71. The molecule has 0 bridgehead atoms. The van der Waals surface area contributed by atoms with Gasteiger partial charge in [0, 0.05) is 52.2 Å². The number of rotatable bonds is 7. The van der Waals surface area contributed by atoms with Crippen LogP contribution in [-0.4, -0.2) is 72.2 Å². The summed E-state index contributed by atoms with van der Waals surface area (Å²) in [6, 6.07) is 7.85. The maximum Gasteiger partial charge on any atom is 0.407 e. The molecule has 30 heavy (non-hydrogen) atoms. The normalized spacial score (nSPS) is 13.6. The lowest BCUT2D eigenvalue weighted by Crippen LogP contribution is -2.33. The molecule has 2 heterocycles. The third-order valence-electron chi connectivity index (χ3n) is 5.11. The maximum atomic E-state index is 13.3. The Bertz CT molecular complexity index is 919. The minimum absolute atomic E-state index is 0.125.